The van der Waals surface area contributed by atoms with Crippen molar-refractivity contribution in [2.45, 2.75) is 19.6 Å². The molecule has 6 nitrogen and oxygen atoms in total. The summed E-state index contributed by atoms with van der Waals surface area (Å²) in [4.78, 5) is 4.49. The maximum absolute atomic E-state index is 9.97. The number of hydrogen-bond acceptors (Lipinski definition) is 3. The first-order valence-corrected chi connectivity index (χ1v) is 7.03. The fourth-order valence-corrected chi connectivity index (χ4v) is 1.94. The van der Waals surface area contributed by atoms with Gasteiger partial charge < -0.3 is 24.7 Å². The molecule has 0 aliphatic carbocycles. The van der Waals surface area contributed by atoms with Gasteiger partial charge in [0.25, 0.3) is 0 Å². The number of rotatable bonds is 6. The van der Waals surface area contributed by atoms with Crippen molar-refractivity contribution < 1.29 is 9.52 Å². The minimum atomic E-state index is -0.694. The summed E-state index contributed by atoms with van der Waals surface area (Å²) >= 11 is 0. The Balaban J connectivity index is 1.89. The third-order valence-electron chi connectivity index (χ3n) is 2.99. The molecule has 0 amide bonds. The van der Waals surface area contributed by atoms with Gasteiger partial charge in [-0.2, -0.15) is 0 Å². The summed E-state index contributed by atoms with van der Waals surface area (Å²) in [6.07, 6.45) is 4.88. The van der Waals surface area contributed by atoms with Crippen LogP contribution in [-0.4, -0.2) is 28.7 Å². The molecule has 0 spiro atoms. The molecule has 0 radical (unpaired) electrons. The van der Waals surface area contributed by atoms with E-state index in [1.807, 2.05) is 37.0 Å². The average Bonchev–Trinajstić information content (AvgIpc) is 3.13. The summed E-state index contributed by atoms with van der Waals surface area (Å²) < 4.78 is 7.16. The number of aliphatic hydroxyl groups excluding tert-OH is 1. The predicted octanol–water partition coefficient (Wildman–Crippen LogP) is 1.41. The molecule has 114 valence electrons. The second kappa shape index (κ2) is 7.54. The Kier molecular flexibility index (Phi) is 5.45. The Morgan fingerprint density at radius 2 is 2.29 bits per heavy atom. The summed E-state index contributed by atoms with van der Waals surface area (Å²) in [6, 6.07) is 5.54. The molecular formula is C15H22N4O2. The van der Waals surface area contributed by atoms with E-state index < -0.39 is 6.10 Å². The summed E-state index contributed by atoms with van der Waals surface area (Å²) in [6.45, 7) is 3.70. The lowest BCUT2D eigenvalue weighted by molar-refractivity contribution is 0.153. The van der Waals surface area contributed by atoms with Crippen molar-refractivity contribution in [3.05, 3.63) is 48.2 Å². The Hall–Kier alpha value is -2.21. The third kappa shape index (κ3) is 4.68. The lowest BCUT2D eigenvalue weighted by Crippen LogP contribution is -2.39. The highest BCUT2D eigenvalue weighted by molar-refractivity contribution is 5.79. The molecule has 6 heteroatoms. The second-order valence-electron chi connectivity index (χ2n) is 4.79. The first-order valence-electron chi connectivity index (χ1n) is 7.03. The zero-order chi connectivity index (χ0) is 15.1. The van der Waals surface area contributed by atoms with E-state index >= 15 is 0 Å². The van der Waals surface area contributed by atoms with Crippen LogP contribution in [0.25, 0.3) is 0 Å². The minimum absolute atomic E-state index is 0.341. The molecule has 0 bridgehead atoms. The molecule has 2 aromatic heterocycles. The molecule has 0 saturated heterocycles. The van der Waals surface area contributed by atoms with E-state index in [9.17, 15) is 5.11 Å². The van der Waals surface area contributed by atoms with Gasteiger partial charge in [0.1, 0.15) is 11.9 Å². The van der Waals surface area contributed by atoms with E-state index in [4.69, 9.17) is 4.42 Å². The Labute approximate surface area is 124 Å². The minimum Gasteiger partial charge on any atom is -0.467 e. The SMILES string of the molecule is CCNC(=NCc1ccn(C)c1)NCC(O)c1ccco1. The molecule has 21 heavy (non-hydrogen) atoms. The highest BCUT2D eigenvalue weighted by atomic mass is 16.4. The lowest BCUT2D eigenvalue weighted by atomic mass is 10.3. The molecular weight excluding hydrogens is 268 g/mol. The van der Waals surface area contributed by atoms with Gasteiger partial charge in [0.15, 0.2) is 5.96 Å². The fourth-order valence-electron chi connectivity index (χ4n) is 1.94. The summed E-state index contributed by atoms with van der Waals surface area (Å²) in [5.41, 5.74) is 1.14. The van der Waals surface area contributed by atoms with Crippen LogP contribution < -0.4 is 10.6 Å². The van der Waals surface area contributed by atoms with Gasteiger partial charge in [-0.1, -0.05) is 0 Å². The van der Waals surface area contributed by atoms with Crippen molar-refractivity contribution in [1.29, 1.82) is 0 Å². The molecule has 2 aromatic rings. The van der Waals surface area contributed by atoms with Gasteiger partial charge in [0, 0.05) is 26.0 Å². The van der Waals surface area contributed by atoms with E-state index in [0.29, 0.717) is 24.8 Å². The van der Waals surface area contributed by atoms with Crippen molar-refractivity contribution in [3.63, 3.8) is 0 Å². The number of aliphatic imine (C=N–C) groups is 1. The number of aliphatic hydroxyl groups is 1. The normalized spacial score (nSPS) is 13.2. The van der Waals surface area contributed by atoms with Crippen LogP contribution in [0.2, 0.25) is 0 Å². The molecule has 3 N–H and O–H groups in total. The third-order valence-corrected chi connectivity index (χ3v) is 2.99. The number of nitrogens with one attached hydrogen (secondary N) is 2. The van der Waals surface area contributed by atoms with Crippen molar-refractivity contribution >= 4 is 5.96 Å². The summed E-state index contributed by atoms with van der Waals surface area (Å²) in [5, 5.41) is 16.2. The van der Waals surface area contributed by atoms with E-state index in [0.717, 1.165) is 12.1 Å². The highest BCUT2D eigenvalue weighted by Crippen LogP contribution is 2.11. The predicted molar refractivity (Wildman–Crippen MR) is 81.9 cm³/mol. The van der Waals surface area contributed by atoms with Gasteiger partial charge >= 0.3 is 0 Å². The fraction of sp³-hybridized carbons (Fsp3) is 0.400. The summed E-state index contributed by atoms with van der Waals surface area (Å²) in [5.74, 6) is 1.22. The van der Waals surface area contributed by atoms with Crippen LogP contribution in [0.3, 0.4) is 0 Å². The molecule has 0 fully saturated rings. The number of nitrogens with zero attached hydrogens (tertiary/aromatic N) is 2. The van der Waals surface area contributed by atoms with E-state index in [1.165, 1.54) is 0 Å². The molecule has 1 unspecified atom stereocenters. The van der Waals surface area contributed by atoms with E-state index in [2.05, 4.69) is 15.6 Å². The van der Waals surface area contributed by atoms with Crippen molar-refractivity contribution in [2.75, 3.05) is 13.1 Å². The zero-order valence-corrected chi connectivity index (χ0v) is 12.4. The summed E-state index contributed by atoms with van der Waals surface area (Å²) in [7, 11) is 1.98. The zero-order valence-electron chi connectivity index (χ0n) is 12.4. The largest absolute Gasteiger partial charge is 0.467 e. The van der Waals surface area contributed by atoms with Crippen molar-refractivity contribution in [3.8, 4) is 0 Å². The maximum atomic E-state index is 9.97. The van der Waals surface area contributed by atoms with Crippen LogP contribution in [-0.2, 0) is 13.6 Å². The van der Waals surface area contributed by atoms with E-state index in [1.54, 1.807) is 18.4 Å². The topological polar surface area (TPSA) is 74.7 Å². The van der Waals surface area contributed by atoms with Crippen molar-refractivity contribution in [2.24, 2.45) is 12.0 Å². The number of hydrogen-bond donors (Lipinski definition) is 3. The highest BCUT2D eigenvalue weighted by Gasteiger charge is 2.10. The van der Waals surface area contributed by atoms with Crippen LogP contribution in [0, 0.1) is 0 Å². The van der Waals surface area contributed by atoms with Gasteiger partial charge in [-0.15, -0.1) is 0 Å². The molecule has 1 atom stereocenters. The molecule has 0 aliphatic heterocycles. The standard InChI is InChI=1S/C15H22N4O2/c1-3-16-15(17-9-12-6-7-19(2)11-12)18-10-13(20)14-5-4-8-21-14/h4-8,11,13,20H,3,9-10H2,1-2H3,(H2,16,17,18). The molecule has 0 aromatic carbocycles. The Bertz CT molecular complexity index is 560. The number of aryl methyl sites for hydroxylation is 1. The van der Waals surface area contributed by atoms with Crippen LogP contribution in [0.15, 0.2) is 46.3 Å². The van der Waals surface area contributed by atoms with Crippen LogP contribution >= 0.6 is 0 Å². The molecule has 2 rings (SSSR count). The smallest absolute Gasteiger partial charge is 0.191 e. The van der Waals surface area contributed by atoms with Gasteiger partial charge in [0.2, 0.25) is 0 Å². The average molecular weight is 290 g/mol. The second-order valence-corrected chi connectivity index (χ2v) is 4.79. The maximum Gasteiger partial charge on any atom is 0.191 e. The lowest BCUT2D eigenvalue weighted by Gasteiger charge is -2.13. The number of furan rings is 1. The number of guanidine groups is 1. The molecule has 0 saturated carbocycles. The number of aromatic nitrogens is 1. The van der Waals surface area contributed by atoms with Crippen LogP contribution in [0.1, 0.15) is 24.4 Å². The Morgan fingerprint density at radius 3 is 2.90 bits per heavy atom. The van der Waals surface area contributed by atoms with Crippen LogP contribution in [0.4, 0.5) is 0 Å². The first kappa shape index (κ1) is 15.2. The monoisotopic (exact) mass is 290 g/mol. The molecule has 0 aliphatic rings. The Morgan fingerprint density at radius 1 is 1.43 bits per heavy atom. The van der Waals surface area contributed by atoms with Gasteiger partial charge in [-0.05, 0) is 30.7 Å². The quantitative estimate of drug-likeness (QED) is 0.555. The van der Waals surface area contributed by atoms with E-state index in [-0.39, 0.29) is 0 Å². The molecule has 2 heterocycles. The van der Waals surface area contributed by atoms with Gasteiger partial charge in [0.05, 0.1) is 19.4 Å². The van der Waals surface area contributed by atoms with Gasteiger partial charge in [-0.25, -0.2) is 4.99 Å². The van der Waals surface area contributed by atoms with Crippen molar-refractivity contribution in [1.82, 2.24) is 15.2 Å². The van der Waals surface area contributed by atoms with Gasteiger partial charge in [-0.3, -0.25) is 0 Å². The van der Waals surface area contributed by atoms with Crippen LogP contribution in [0.5, 0.6) is 0 Å². The first-order chi connectivity index (χ1) is 10.2.